The molecule has 3 rings (SSSR count). The van der Waals surface area contributed by atoms with Crippen molar-refractivity contribution < 1.29 is 18.3 Å². The summed E-state index contributed by atoms with van der Waals surface area (Å²) in [5, 5.41) is 8.94. The van der Waals surface area contributed by atoms with E-state index in [9.17, 15) is 13.2 Å². The number of carbonyl (C=O) groups is 1. The minimum Gasteiger partial charge on any atom is -0.478 e. The van der Waals surface area contributed by atoms with Crippen molar-refractivity contribution in [3.8, 4) is 11.1 Å². The summed E-state index contributed by atoms with van der Waals surface area (Å²) in [6.07, 6.45) is 0. The van der Waals surface area contributed by atoms with Gasteiger partial charge in [0.25, 0.3) is 0 Å². The highest BCUT2D eigenvalue weighted by atomic mass is 32.2. The number of piperazine rings is 1. The number of benzene rings is 2. The Bertz CT molecular complexity index is 853. The van der Waals surface area contributed by atoms with Gasteiger partial charge in [0.1, 0.15) is 0 Å². The van der Waals surface area contributed by atoms with E-state index in [1.54, 1.807) is 36.4 Å². The summed E-state index contributed by atoms with van der Waals surface area (Å²) in [6.45, 7) is 2.45. The van der Waals surface area contributed by atoms with Crippen LogP contribution in [0, 0.1) is 0 Å². The standard InChI is InChI=1S/C18H20N2O4S/c1-19-10-12-20(13-11-19)25(23,24)17-8-6-15(7-9-17)14-2-4-16(5-3-14)18(21)22/h2-9H,10-13H2,1H3,(H,21,22). The van der Waals surface area contributed by atoms with Gasteiger partial charge in [-0.05, 0) is 42.4 Å². The van der Waals surface area contributed by atoms with Gasteiger partial charge in [-0.1, -0.05) is 24.3 Å². The largest absolute Gasteiger partial charge is 0.478 e. The zero-order chi connectivity index (χ0) is 18.0. The van der Waals surface area contributed by atoms with Crippen molar-refractivity contribution in [2.75, 3.05) is 33.2 Å². The van der Waals surface area contributed by atoms with Crippen LogP contribution in [0.5, 0.6) is 0 Å². The Balaban J connectivity index is 1.81. The summed E-state index contributed by atoms with van der Waals surface area (Å²) in [5.41, 5.74) is 1.90. The van der Waals surface area contributed by atoms with Gasteiger partial charge in [-0.3, -0.25) is 0 Å². The maximum Gasteiger partial charge on any atom is 0.335 e. The minimum atomic E-state index is -3.47. The number of sulfonamides is 1. The van der Waals surface area contributed by atoms with Crippen LogP contribution >= 0.6 is 0 Å². The molecule has 1 saturated heterocycles. The first-order chi connectivity index (χ1) is 11.9. The number of hydrogen-bond donors (Lipinski definition) is 1. The van der Waals surface area contributed by atoms with E-state index in [0.717, 1.165) is 24.2 Å². The molecule has 132 valence electrons. The van der Waals surface area contributed by atoms with E-state index in [1.807, 2.05) is 7.05 Å². The first kappa shape index (κ1) is 17.6. The van der Waals surface area contributed by atoms with Crippen molar-refractivity contribution in [2.45, 2.75) is 4.90 Å². The lowest BCUT2D eigenvalue weighted by Crippen LogP contribution is -2.46. The van der Waals surface area contributed by atoms with Gasteiger partial charge in [-0.15, -0.1) is 0 Å². The molecule has 1 N–H and O–H groups in total. The van der Waals surface area contributed by atoms with Crippen LogP contribution in [-0.4, -0.2) is 61.9 Å². The van der Waals surface area contributed by atoms with Gasteiger partial charge in [0, 0.05) is 26.2 Å². The Labute approximate surface area is 147 Å². The number of rotatable bonds is 4. The zero-order valence-corrected chi connectivity index (χ0v) is 14.7. The maximum atomic E-state index is 12.7. The lowest BCUT2D eigenvalue weighted by molar-refractivity contribution is 0.0697. The van der Waals surface area contributed by atoms with Crippen molar-refractivity contribution >= 4 is 16.0 Å². The molecular formula is C18H20N2O4S. The number of aromatic carboxylic acids is 1. The van der Waals surface area contributed by atoms with E-state index < -0.39 is 16.0 Å². The Morgan fingerprint density at radius 2 is 1.36 bits per heavy atom. The number of carboxylic acids is 1. The molecule has 0 spiro atoms. The van der Waals surface area contributed by atoms with Gasteiger partial charge in [-0.2, -0.15) is 4.31 Å². The van der Waals surface area contributed by atoms with E-state index in [-0.39, 0.29) is 10.5 Å². The van der Waals surface area contributed by atoms with Crippen LogP contribution in [0.25, 0.3) is 11.1 Å². The van der Waals surface area contributed by atoms with Crippen molar-refractivity contribution in [3.63, 3.8) is 0 Å². The molecule has 1 heterocycles. The van der Waals surface area contributed by atoms with Crippen LogP contribution in [-0.2, 0) is 10.0 Å². The SMILES string of the molecule is CN1CCN(S(=O)(=O)c2ccc(-c3ccc(C(=O)O)cc3)cc2)CC1. The van der Waals surface area contributed by atoms with E-state index in [1.165, 1.54) is 16.4 Å². The highest BCUT2D eigenvalue weighted by Gasteiger charge is 2.27. The third kappa shape index (κ3) is 3.73. The minimum absolute atomic E-state index is 0.220. The van der Waals surface area contributed by atoms with E-state index in [4.69, 9.17) is 5.11 Å². The molecule has 0 aliphatic carbocycles. The van der Waals surface area contributed by atoms with Crippen LogP contribution in [0.3, 0.4) is 0 Å². The molecule has 0 atom stereocenters. The summed E-state index contributed by atoms with van der Waals surface area (Å²) >= 11 is 0. The summed E-state index contributed by atoms with van der Waals surface area (Å²) in [4.78, 5) is 13.3. The number of likely N-dealkylation sites (N-methyl/N-ethyl adjacent to an activating group) is 1. The normalized spacial score (nSPS) is 16.7. The van der Waals surface area contributed by atoms with Gasteiger partial charge >= 0.3 is 5.97 Å². The van der Waals surface area contributed by atoms with Crippen molar-refractivity contribution in [3.05, 3.63) is 54.1 Å². The third-order valence-electron chi connectivity index (χ3n) is 4.42. The Hall–Kier alpha value is -2.22. The van der Waals surface area contributed by atoms with Crippen LogP contribution < -0.4 is 0 Å². The Morgan fingerprint density at radius 1 is 0.880 bits per heavy atom. The fourth-order valence-corrected chi connectivity index (χ4v) is 4.22. The Morgan fingerprint density at radius 3 is 1.84 bits per heavy atom. The summed E-state index contributed by atoms with van der Waals surface area (Å²) in [5.74, 6) is -0.972. The molecule has 0 aromatic heterocycles. The topological polar surface area (TPSA) is 77.9 Å². The van der Waals surface area contributed by atoms with E-state index >= 15 is 0 Å². The molecule has 1 aliphatic rings. The molecule has 0 radical (unpaired) electrons. The molecule has 0 amide bonds. The highest BCUT2D eigenvalue weighted by molar-refractivity contribution is 7.89. The molecule has 2 aromatic carbocycles. The second-order valence-corrected chi connectivity index (χ2v) is 8.05. The van der Waals surface area contributed by atoms with Crippen LogP contribution in [0.2, 0.25) is 0 Å². The predicted molar refractivity (Wildman–Crippen MR) is 95.1 cm³/mol. The quantitative estimate of drug-likeness (QED) is 0.902. The van der Waals surface area contributed by atoms with Gasteiger partial charge in [0.15, 0.2) is 0 Å². The van der Waals surface area contributed by atoms with Crippen LogP contribution in [0.1, 0.15) is 10.4 Å². The molecule has 2 aromatic rings. The van der Waals surface area contributed by atoms with E-state index in [0.29, 0.717) is 13.1 Å². The van der Waals surface area contributed by atoms with Crippen molar-refractivity contribution in [2.24, 2.45) is 0 Å². The van der Waals surface area contributed by atoms with Crippen molar-refractivity contribution in [1.29, 1.82) is 0 Å². The molecule has 1 fully saturated rings. The third-order valence-corrected chi connectivity index (χ3v) is 6.33. The predicted octanol–water partition coefficient (Wildman–Crippen LogP) is 1.99. The molecule has 7 heteroatoms. The molecular weight excluding hydrogens is 340 g/mol. The molecule has 25 heavy (non-hydrogen) atoms. The lowest BCUT2D eigenvalue weighted by Gasteiger charge is -2.31. The lowest BCUT2D eigenvalue weighted by atomic mass is 10.0. The molecule has 1 aliphatic heterocycles. The average Bonchev–Trinajstić information content (AvgIpc) is 2.62. The maximum absolute atomic E-state index is 12.7. The summed E-state index contributed by atoms with van der Waals surface area (Å²) in [6, 6.07) is 13.2. The van der Waals surface area contributed by atoms with Gasteiger partial charge < -0.3 is 10.0 Å². The fraction of sp³-hybridized carbons (Fsp3) is 0.278. The highest BCUT2D eigenvalue weighted by Crippen LogP contribution is 2.24. The first-order valence-electron chi connectivity index (χ1n) is 8.00. The number of nitrogens with zero attached hydrogens (tertiary/aromatic N) is 2. The fourth-order valence-electron chi connectivity index (χ4n) is 2.80. The number of carboxylic acid groups (broad SMARTS) is 1. The second kappa shape index (κ2) is 6.95. The van der Waals surface area contributed by atoms with Crippen LogP contribution in [0.15, 0.2) is 53.4 Å². The Kier molecular flexibility index (Phi) is 4.89. The molecule has 0 unspecified atom stereocenters. The van der Waals surface area contributed by atoms with Gasteiger partial charge in [0.05, 0.1) is 10.5 Å². The molecule has 0 saturated carbocycles. The molecule has 6 nitrogen and oxygen atoms in total. The monoisotopic (exact) mass is 360 g/mol. The van der Waals surface area contributed by atoms with E-state index in [2.05, 4.69) is 4.90 Å². The summed E-state index contributed by atoms with van der Waals surface area (Å²) < 4.78 is 26.9. The smallest absolute Gasteiger partial charge is 0.335 e. The first-order valence-corrected chi connectivity index (χ1v) is 9.44. The van der Waals surface area contributed by atoms with Crippen molar-refractivity contribution in [1.82, 2.24) is 9.21 Å². The zero-order valence-electron chi connectivity index (χ0n) is 13.9. The average molecular weight is 360 g/mol. The van der Waals surface area contributed by atoms with Gasteiger partial charge in [-0.25, -0.2) is 13.2 Å². The number of hydrogen-bond acceptors (Lipinski definition) is 4. The summed E-state index contributed by atoms with van der Waals surface area (Å²) in [7, 11) is -1.49. The second-order valence-electron chi connectivity index (χ2n) is 6.11. The molecule has 0 bridgehead atoms. The van der Waals surface area contributed by atoms with Crippen LogP contribution in [0.4, 0.5) is 0 Å². The van der Waals surface area contributed by atoms with Gasteiger partial charge in [0.2, 0.25) is 10.0 Å².